The number of fused-ring (bicyclic) bond motifs is 2. The van der Waals surface area contributed by atoms with Crippen LogP contribution in [0.2, 0.25) is 0 Å². The number of rotatable bonds is 6. The Morgan fingerprint density at radius 2 is 1.83 bits per heavy atom. The molecule has 204 valence electrons. The molecule has 1 aliphatic rings. The Bertz CT molecular complexity index is 1930. The van der Waals surface area contributed by atoms with E-state index < -0.39 is 0 Å². The molecule has 10 heteroatoms. The molecule has 6 aromatic rings. The van der Waals surface area contributed by atoms with Crippen molar-refractivity contribution in [3.05, 3.63) is 65.8 Å². The SMILES string of the molecule is CC(=O)c1ccc(-c2cccc3[nH]c(-c4n[nH]c5ccc(-c6cncc(NC(=O)C7CCCCC7)c6)nc45)nc23)s1. The maximum absolute atomic E-state index is 12.8. The van der Waals surface area contributed by atoms with Crippen LogP contribution in [0, 0.1) is 5.92 Å². The van der Waals surface area contributed by atoms with Gasteiger partial charge in [-0.1, -0.05) is 31.4 Å². The molecule has 5 heterocycles. The van der Waals surface area contributed by atoms with Gasteiger partial charge in [0.15, 0.2) is 17.3 Å². The molecule has 1 aliphatic carbocycles. The van der Waals surface area contributed by atoms with E-state index in [1.54, 1.807) is 19.3 Å². The van der Waals surface area contributed by atoms with Crippen LogP contribution in [0.25, 0.3) is 55.3 Å². The lowest BCUT2D eigenvalue weighted by Gasteiger charge is -2.20. The molecule has 0 aliphatic heterocycles. The first-order chi connectivity index (χ1) is 20.0. The molecule has 7 rings (SSSR count). The van der Waals surface area contributed by atoms with Crippen LogP contribution in [0.4, 0.5) is 5.69 Å². The topological polar surface area (TPSA) is 129 Å². The van der Waals surface area contributed by atoms with Crippen LogP contribution in [-0.4, -0.2) is 41.8 Å². The zero-order valence-electron chi connectivity index (χ0n) is 22.4. The standard InChI is InChI=1S/C31H27N7O2S/c1-17(39)25-12-13-26(41-25)21-8-5-9-23-27(21)36-30(35-23)29-28-24(37-38-29)11-10-22(34-28)19-14-20(16-32-15-19)33-31(40)18-6-3-2-4-7-18/h5,8-16,18H,2-4,6-7H2,1H3,(H,33,40)(H,35,36)(H,37,38). The summed E-state index contributed by atoms with van der Waals surface area (Å²) >= 11 is 1.46. The van der Waals surface area contributed by atoms with E-state index in [-0.39, 0.29) is 17.6 Å². The molecule has 9 nitrogen and oxygen atoms in total. The monoisotopic (exact) mass is 561 g/mol. The fourth-order valence-corrected chi connectivity index (χ4v) is 6.42. The summed E-state index contributed by atoms with van der Waals surface area (Å²) in [6.45, 7) is 1.58. The molecule has 0 bridgehead atoms. The van der Waals surface area contributed by atoms with E-state index in [9.17, 15) is 9.59 Å². The van der Waals surface area contributed by atoms with E-state index >= 15 is 0 Å². The van der Waals surface area contributed by atoms with Crippen molar-refractivity contribution < 1.29 is 9.59 Å². The number of pyridine rings is 2. The van der Waals surface area contributed by atoms with Gasteiger partial charge in [-0.2, -0.15) is 5.10 Å². The molecule has 0 saturated heterocycles. The van der Waals surface area contributed by atoms with Crippen molar-refractivity contribution in [2.75, 3.05) is 5.32 Å². The van der Waals surface area contributed by atoms with Gasteiger partial charge in [0.2, 0.25) is 5.91 Å². The highest BCUT2D eigenvalue weighted by atomic mass is 32.1. The van der Waals surface area contributed by atoms with Crippen molar-refractivity contribution in [1.29, 1.82) is 0 Å². The third-order valence-electron chi connectivity index (χ3n) is 7.64. The van der Waals surface area contributed by atoms with Gasteiger partial charge in [0.1, 0.15) is 5.52 Å². The summed E-state index contributed by atoms with van der Waals surface area (Å²) in [4.78, 5) is 43.9. The Kier molecular flexibility index (Phi) is 6.39. The van der Waals surface area contributed by atoms with Crippen molar-refractivity contribution in [2.24, 2.45) is 5.92 Å². The van der Waals surface area contributed by atoms with Crippen LogP contribution >= 0.6 is 11.3 Å². The number of thiophene rings is 1. The molecule has 0 atom stereocenters. The van der Waals surface area contributed by atoms with Crippen molar-refractivity contribution in [1.82, 2.24) is 30.1 Å². The number of aromatic nitrogens is 6. The van der Waals surface area contributed by atoms with Crippen LogP contribution in [0.15, 0.2) is 60.9 Å². The highest BCUT2D eigenvalue weighted by molar-refractivity contribution is 7.17. The second kappa shape index (κ2) is 10.4. The van der Waals surface area contributed by atoms with E-state index in [0.29, 0.717) is 28.4 Å². The van der Waals surface area contributed by atoms with Crippen molar-refractivity contribution in [2.45, 2.75) is 39.0 Å². The first kappa shape index (κ1) is 25.3. The van der Waals surface area contributed by atoms with Crippen molar-refractivity contribution in [3.8, 4) is 33.2 Å². The van der Waals surface area contributed by atoms with Crippen LogP contribution in [0.5, 0.6) is 0 Å². The second-order valence-electron chi connectivity index (χ2n) is 10.5. The van der Waals surface area contributed by atoms with Crippen LogP contribution < -0.4 is 5.32 Å². The van der Waals surface area contributed by atoms with Gasteiger partial charge in [0, 0.05) is 28.1 Å². The van der Waals surface area contributed by atoms with E-state index in [2.05, 4.69) is 25.5 Å². The number of nitrogens with zero attached hydrogens (tertiary/aromatic N) is 4. The molecule has 0 unspecified atom stereocenters. The van der Waals surface area contributed by atoms with Gasteiger partial charge in [-0.15, -0.1) is 11.3 Å². The average molecular weight is 562 g/mol. The van der Waals surface area contributed by atoms with Crippen LogP contribution in [-0.2, 0) is 4.79 Å². The van der Waals surface area contributed by atoms with Crippen LogP contribution in [0.1, 0.15) is 48.7 Å². The molecular formula is C31H27N7O2S. The highest BCUT2D eigenvalue weighted by Gasteiger charge is 2.22. The fourth-order valence-electron chi connectivity index (χ4n) is 5.50. The minimum Gasteiger partial charge on any atom is -0.336 e. The predicted molar refractivity (Wildman–Crippen MR) is 161 cm³/mol. The zero-order valence-corrected chi connectivity index (χ0v) is 23.2. The average Bonchev–Trinajstić information content (AvgIpc) is 3.75. The molecule has 41 heavy (non-hydrogen) atoms. The number of hydrogen-bond acceptors (Lipinski definition) is 7. The zero-order chi connectivity index (χ0) is 27.9. The largest absolute Gasteiger partial charge is 0.336 e. The number of benzene rings is 1. The van der Waals surface area contributed by atoms with Gasteiger partial charge < -0.3 is 10.3 Å². The molecule has 1 fully saturated rings. The number of carbonyl (C=O) groups is 2. The van der Waals surface area contributed by atoms with E-state index in [1.807, 2.05) is 48.5 Å². The molecule has 1 amide bonds. The quantitative estimate of drug-likeness (QED) is 0.188. The lowest BCUT2D eigenvalue weighted by atomic mass is 9.88. The van der Waals surface area contributed by atoms with Crippen molar-refractivity contribution in [3.63, 3.8) is 0 Å². The number of aromatic amines is 2. The molecule has 1 saturated carbocycles. The number of para-hydroxylation sites is 1. The Morgan fingerprint density at radius 1 is 0.951 bits per heavy atom. The molecule has 3 N–H and O–H groups in total. The predicted octanol–water partition coefficient (Wildman–Crippen LogP) is 7.01. The number of hydrogen-bond donors (Lipinski definition) is 3. The van der Waals surface area contributed by atoms with Gasteiger partial charge in [-0.05, 0) is 56.2 Å². The number of anilines is 1. The number of Topliss-reactive ketones (excluding diaryl/α,β-unsaturated/α-hetero) is 1. The first-order valence-corrected chi connectivity index (χ1v) is 14.6. The highest BCUT2D eigenvalue weighted by Crippen LogP contribution is 2.35. The second-order valence-corrected chi connectivity index (χ2v) is 11.5. The summed E-state index contributed by atoms with van der Waals surface area (Å²) < 4.78 is 0. The maximum Gasteiger partial charge on any atom is 0.227 e. The summed E-state index contributed by atoms with van der Waals surface area (Å²) in [5, 5.41) is 10.7. The van der Waals surface area contributed by atoms with E-state index in [0.717, 1.165) is 63.1 Å². The number of imidazole rings is 1. The Balaban J connectivity index is 1.22. The number of carbonyl (C=O) groups excluding carboxylic acids is 2. The lowest BCUT2D eigenvalue weighted by molar-refractivity contribution is -0.120. The number of amides is 1. The Hall–Kier alpha value is -4.70. The Morgan fingerprint density at radius 3 is 2.66 bits per heavy atom. The summed E-state index contributed by atoms with van der Waals surface area (Å²) in [7, 11) is 0. The van der Waals surface area contributed by atoms with Gasteiger partial charge in [-0.25, -0.2) is 9.97 Å². The fraction of sp³-hybridized carbons (Fsp3) is 0.226. The molecular weight excluding hydrogens is 534 g/mol. The molecule has 1 aromatic carbocycles. The van der Waals surface area contributed by atoms with Crippen molar-refractivity contribution >= 4 is 50.8 Å². The number of nitrogens with one attached hydrogen (secondary N) is 3. The number of ketones is 1. The first-order valence-electron chi connectivity index (χ1n) is 13.7. The van der Waals surface area contributed by atoms with Gasteiger partial charge in [0.25, 0.3) is 0 Å². The number of H-pyrrole nitrogens is 2. The van der Waals surface area contributed by atoms with Gasteiger partial charge in [0.05, 0.1) is 39.0 Å². The smallest absolute Gasteiger partial charge is 0.227 e. The normalized spacial score (nSPS) is 14.1. The molecule has 5 aromatic heterocycles. The minimum atomic E-state index is 0.0494. The van der Waals surface area contributed by atoms with Gasteiger partial charge in [-0.3, -0.25) is 19.7 Å². The summed E-state index contributed by atoms with van der Waals surface area (Å²) in [6, 6.07) is 15.5. The minimum absolute atomic E-state index is 0.0494. The van der Waals surface area contributed by atoms with E-state index in [1.165, 1.54) is 17.8 Å². The summed E-state index contributed by atoms with van der Waals surface area (Å²) in [5.41, 5.74) is 6.87. The summed E-state index contributed by atoms with van der Waals surface area (Å²) in [5.74, 6) is 0.774. The molecule has 0 spiro atoms. The summed E-state index contributed by atoms with van der Waals surface area (Å²) in [6.07, 6.45) is 8.71. The lowest BCUT2D eigenvalue weighted by Crippen LogP contribution is -2.24. The Labute approximate surface area is 239 Å². The van der Waals surface area contributed by atoms with E-state index in [4.69, 9.17) is 9.97 Å². The third kappa shape index (κ3) is 4.80. The van der Waals surface area contributed by atoms with Gasteiger partial charge >= 0.3 is 0 Å². The van der Waals surface area contributed by atoms with Crippen LogP contribution in [0.3, 0.4) is 0 Å². The third-order valence-corrected chi connectivity index (χ3v) is 8.86. The maximum atomic E-state index is 12.8. The molecule has 0 radical (unpaired) electrons.